The molecular formula is C44H28O. The molecule has 0 amide bonds. The summed E-state index contributed by atoms with van der Waals surface area (Å²) >= 11 is 0. The van der Waals surface area contributed by atoms with Crippen LogP contribution in [-0.2, 0) is 0 Å². The average Bonchev–Trinajstić information content (AvgIpc) is 3.67. The molecule has 0 atom stereocenters. The average molecular weight is 588 g/mol. The molecule has 8 aromatic carbocycles. The SMILES string of the molecule is [2H]c1c([2H])c([2H])c2c(oc3c([2H])c([2H])c([2H])c(-c4c5c([2H])c([2H])c([2H])c([2H])c5c(-c5ccc(-c6ccccc6-c6ccccc6)cc5)c5c([2H])c([2H])c([2H])c([2H])c45)c32)c1[2H]. The summed E-state index contributed by atoms with van der Waals surface area (Å²) in [7, 11) is 0. The number of para-hydroxylation sites is 1. The first-order valence-electron chi connectivity index (χ1n) is 21.7. The number of hydrogen-bond donors (Lipinski definition) is 0. The van der Waals surface area contributed by atoms with Gasteiger partial charge in [0.2, 0.25) is 0 Å². The third-order valence-electron chi connectivity index (χ3n) is 8.07. The molecule has 0 unspecified atom stereocenters. The van der Waals surface area contributed by atoms with Crippen LogP contribution in [-0.4, -0.2) is 0 Å². The van der Waals surface area contributed by atoms with Gasteiger partial charge in [0.05, 0.1) is 20.6 Å². The summed E-state index contributed by atoms with van der Waals surface area (Å²) in [5, 5.41) is -1.38. The fourth-order valence-electron chi connectivity index (χ4n) is 6.13. The van der Waals surface area contributed by atoms with E-state index >= 15 is 0 Å². The molecule has 1 heterocycles. The van der Waals surface area contributed by atoms with E-state index in [1.807, 2.05) is 66.7 Å². The van der Waals surface area contributed by atoms with E-state index < -0.39 is 102 Å². The molecule has 0 spiro atoms. The van der Waals surface area contributed by atoms with Crippen molar-refractivity contribution < 1.29 is 25.0 Å². The summed E-state index contributed by atoms with van der Waals surface area (Å²) in [6, 6.07) is 15.0. The van der Waals surface area contributed by atoms with E-state index in [2.05, 4.69) is 0 Å². The van der Waals surface area contributed by atoms with Crippen molar-refractivity contribution in [3.8, 4) is 44.5 Å². The maximum Gasteiger partial charge on any atom is 0.136 e. The lowest BCUT2D eigenvalue weighted by atomic mass is 9.84. The van der Waals surface area contributed by atoms with Crippen molar-refractivity contribution in [3.05, 3.63) is 169 Å². The van der Waals surface area contributed by atoms with Crippen molar-refractivity contribution in [2.45, 2.75) is 0 Å². The van der Waals surface area contributed by atoms with E-state index in [1.165, 1.54) is 0 Å². The van der Waals surface area contributed by atoms with E-state index in [9.17, 15) is 6.85 Å². The van der Waals surface area contributed by atoms with Crippen LogP contribution in [0.1, 0.15) is 20.6 Å². The van der Waals surface area contributed by atoms with Gasteiger partial charge in [-0.15, -0.1) is 0 Å². The van der Waals surface area contributed by atoms with Gasteiger partial charge in [-0.3, -0.25) is 0 Å². The largest absolute Gasteiger partial charge is 0.456 e. The molecule has 0 N–H and O–H groups in total. The Kier molecular flexibility index (Phi) is 3.39. The minimum absolute atomic E-state index is 0.0515. The Bertz CT molecular complexity index is 3280. The predicted octanol–water partition coefficient (Wildman–Crippen LogP) is 12.6. The van der Waals surface area contributed by atoms with E-state index in [4.69, 9.17) is 18.1 Å². The number of furan rings is 1. The lowest BCUT2D eigenvalue weighted by Crippen LogP contribution is -1.91. The van der Waals surface area contributed by atoms with Gasteiger partial charge in [-0.2, -0.15) is 0 Å². The highest BCUT2D eigenvalue weighted by molar-refractivity contribution is 6.25. The van der Waals surface area contributed by atoms with Gasteiger partial charge < -0.3 is 4.42 Å². The Labute approximate surface area is 282 Å². The van der Waals surface area contributed by atoms with Gasteiger partial charge in [0, 0.05) is 10.8 Å². The zero-order valence-electron chi connectivity index (χ0n) is 38.4. The Hall–Kier alpha value is -5.92. The molecule has 0 radical (unpaired) electrons. The van der Waals surface area contributed by atoms with Crippen molar-refractivity contribution in [2.24, 2.45) is 0 Å². The van der Waals surface area contributed by atoms with E-state index in [0.29, 0.717) is 5.56 Å². The van der Waals surface area contributed by atoms with Crippen LogP contribution in [0, 0.1) is 0 Å². The Morgan fingerprint density at radius 2 is 0.844 bits per heavy atom. The summed E-state index contributed by atoms with van der Waals surface area (Å²) in [5.41, 5.74) is 2.55. The number of hydrogen-bond acceptors (Lipinski definition) is 1. The molecule has 0 aliphatic carbocycles. The lowest BCUT2D eigenvalue weighted by molar-refractivity contribution is 0.669. The highest BCUT2D eigenvalue weighted by Crippen LogP contribution is 2.47. The standard InChI is InChI=1S/C44H28O/c1-2-13-29(14-3-1)32-15-4-5-16-33(32)30-25-27-31(28-26-30)42-34-17-6-8-19-36(34)43(37-20-9-7-18-35(37)42)39-22-12-24-41-44(39)38-21-10-11-23-40(38)45-41/h1-28H/i6D,7D,8D,9D,10D,11D,12D,17D,18D,19D,20D,21D,22D,23D,24D. The topological polar surface area (TPSA) is 13.1 Å². The molecular weight excluding hydrogens is 544 g/mol. The highest BCUT2D eigenvalue weighted by atomic mass is 16.3. The normalized spacial score (nSPS) is 16.2. The van der Waals surface area contributed by atoms with Gasteiger partial charge in [-0.05, 0) is 78.1 Å². The molecule has 1 nitrogen and oxygen atoms in total. The van der Waals surface area contributed by atoms with Crippen LogP contribution < -0.4 is 0 Å². The van der Waals surface area contributed by atoms with E-state index in [-0.39, 0.29) is 49.0 Å². The number of benzene rings is 8. The smallest absolute Gasteiger partial charge is 0.136 e. The van der Waals surface area contributed by atoms with E-state index in [0.717, 1.165) is 22.3 Å². The van der Waals surface area contributed by atoms with Gasteiger partial charge in [-0.25, -0.2) is 0 Å². The van der Waals surface area contributed by atoms with Crippen LogP contribution in [0.3, 0.4) is 0 Å². The molecule has 0 aliphatic heterocycles. The van der Waals surface area contributed by atoms with Crippen LogP contribution in [0.5, 0.6) is 0 Å². The zero-order valence-corrected chi connectivity index (χ0v) is 23.4. The van der Waals surface area contributed by atoms with Crippen LogP contribution in [0.25, 0.3) is 88.0 Å². The first-order chi connectivity index (χ1) is 28.6. The summed E-state index contributed by atoms with van der Waals surface area (Å²) in [4.78, 5) is 0. The van der Waals surface area contributed by atoms with Gasteiger partial charge in [0.1, 0.15) is 11.2 Å². The molecule has 0 saturated carbocycles. The summed E-state index contributed by atoms with van der Waals surface area (Å²) in [6.45, 7) is 0. The maximum absolute atomic E-state index is 9.39. The molecule has 0 aliphatic rings. The van der Waals surface area contributed by atoms with Gasteiger partial charge in [0.25, 0.3) is 0 Å². The summed E-state index contributed by atoms with van der Waals surface area (Å²) in [6.07, 6.45) is 0. The minimum Gasteiger partial charge on any atom is -0.456 e. The van der Waals surface area contributed by atoms with Crippen molar-refractivity contribution in [2.75, 3.05) is 0 Å². The molecule has 0 fully saturated rings. The lowest BCUT2D eigenvalue weighted by Gasteiger charge is -2.18. The number of rotatable bonds is 4. The first-order valence-corrected chi connectivity index (χ1v) is 14.2. The fourth-order valence-corrected chi connectivity index (χ4v) is 6.13. The monoisotopic (exact) mass is 587 g/mol. The molecule has 210 valence electrons. The van der Waals surface area contributed by atoms with Crippen molar-refractivity contribution in [3.63, 3.8) is 0 Å². The van der Waals surface area contributed by atoms with Gasteiger partial charge >= 0.3 is 0 Å². The quantitative estimate of drug-likeness (QED) is 0.187. The third kappa shape index (κ3) is 4.09. The Balaban J connectivity index is 1.50. The zero-order chi connectivity index (χ0) is 42.8. The van der Waals surface area contributed by atoms with Gasteiger partial charge in [-0.1, -0.05) is 157 Å². The van der Waals surface area contributed by atoms with Crippen molar-refractivity contribution >= 4 is 43.5 Å². The molecule has 1 heteroatoms. The van der Waals surface area contributed by atoms with Crippen molar-refractivity contribution in [1.82, 2.24) is 0 Å². The van der Waals surface area contributed by atoms with Gasteiger partial charge in [0.15, 0.2) is 0 Å². The van der Waals surface area contributed by atoms with Crippen LogP contribution in [0.2, 0.25) is 0 Å². The van der Waals surface area contributed by atoms with Crippen molar-refractivity contribution in [1.29, 1.82) is 0 Å². The molecule has 9 aromatic rings. The number of fused-ring (bicyclic) bond motifs is 5. The van der Waals surface area contributed by atoms with Crippen LogP contribution >= 0.6 is 0 Å². The van der Waals surface area contributed by atoms with Crippen LogP contribution in [0.15, 0.2) is 174 Å². The van der Waals surface area contributed by atoms with Crippen LogP contribution in [0.4, 0.5) is 0 Å². The second kappa shape index (κ2) is 10.4. The summed E-state index contributed by atoms with van der Waals surface area (Å²) in [5.74, 6) is 0. The molecule has 0 saturated heterocycles. The summed E-state index contributed by atoms with van der Waals surface area (Å²) < 4.78 is 140. The second-order valence-electron chi connectivity index (χ2n) is 10.5. The maximum atomic E-state index is 9.39. The van der Waals surface area contributed by atoms with E-state index in [1.54, 1.807) is 12.1 Å². The molecule has 45 heavy (non-hydrogen) atoms. The first kappa shape index (κ1) is 14.7. The fraction of sp³-hybridized carbons (Fsp3) is 0. The molecule has 1 aromatic heterocycles. The minimum atomic E-state index is -0.717. The third-order valence-corrected chi connectivity index (χ3v) is 8.07. The highest BCUT2D eigenvalue weighted by Gasteiger charge is 2.20. The predicted molar refractivity (Wildman–Crippen MR) is 190 cm³/mol. The molecule has 0 bridgehead atoms. The second-order valence-corrected chi connectivity index (χ2v) is 10.5. The Morgan fingerprint density at radius 1 is 0.356 bits per heavy atom. The Morgan fingerprint density at radius 3 is 1.49 bits per heavy atom. The molecule has 9 rings (SSSR count).